The van der Waals surface area contributed by atoms with Gasteiger partial charge >= 0.3 is 24.1 Å². The van der Waals surface area contributed by atoms with E-state index >= 15 is 0 Å². The van der Waals surface area contributed by atoms with E-state index in [1.54, 1.807) is 12.4 Å². The average Bonchev–Trinajstić information content (AvgIpc) is 3.33. The second-order valence-corrected chi connectivity index (χ2v) is 8.02. The van der Waals surface area contributed by atoms with E-state index in [0.29, 0.717) is 5.82 Å². The summed E-state index contributed by atoms with van der Waals surface area (Å²) in [5.74, 6) is -5.76. The van der Waals surface area contributed by atoms with Gasteiger partial charge in [0.15, 0.2) is 23.6 Å². The van der Waals surface area contributed by atoms with E-state index in [9.17, 15) is 31.1 Å². The Labute approximate surface area is 230 Å². The van der Waals surface area contributed by atoms with Crippen molar-refractivity contribution < 1.29 is 60.3 Å². The molecule has 0 saturated heterocycles. The third-order valence-corrected chi connectivity index (χ3v) is 5.22. The second-order valence-electron chi connectivity index (χ2n) is 8.02. The molecule has 42 heavy (non-hydrogen) atoms. The van der Waals surface area contributed by atoms with Crippen LogP contribution in [0, 0.1) is 0 Å². The lowest BCUT2D eigenvalue weighted by Crippen LogP contribution is -2.37. The number of aliphatic carboxylic acids is 2. The van der Waals surface area contributed by atoms with Crippen LogP contribution in [0.15, 0.2) is 85.6 Å². The molecular formula is C26H17F6N5O5. The Kier molecular flexibility index (Phi) is 9.41. The number of carboxylic acid groups (broad SMARTS) is 2. The molecular weight excluding hydrogens is 576 g/mol. The number of halogens is 6. The molecule has 0 bridgehead atoms. The summed E-state index contributed by atoms with van der Waals surface area (Å²) in [6.07, 6.45) is -1.28. The maximum atomic E-state index is 13.1. The third-order valence-electron chi connectivity index (χ3n) is 5.22. The number of pyridine rings is 3. The SMILES string of the molecule is O=C(Nc1cccc2c[nH+]ccc12)c1[nH]c(-c2ccncc2)c2cccc[n+]12.O=C([O-])C(F)(F)F.O=C([O-])C(F)(F)F. The summed E-state index contributed by atoms with van der Waals surface area (Å²) in [5.41, 5.74) is 3.53. The standard InChI is InChI=1S/C22H15N5O.2C2HF3O2/c28-22(25-18-5-3-4-16-14-24-12-9-17(16)18)21-26-20(15-7-10-23-11-8-15)19-6-1-2-13-27(19)21;2*3-2(4,5)1(6)7/h1-14H,(H,25,28);2*(H,6,7). The highest BCUT2D eigenvalue weighted by Gasteiger charge is 2.29. The van der Waals surface area contributed by atoms with Crippen LogP contribution in [0.4, 0.5) is 32.0 Å². The molecule has 0 atom stereocenters. The first-order chi connectivity index (χ1) is 19.7. The van der Waals surface area contributed by atoms with Crippen LogP contribution in [0.2, 0.25) is 0 Å². The maximum absolute atomic E-state index is 13.1. The molecule has 4 aromatic heterocycles. The van der Waals surface area contributed by atoms with Gasteiger partial charge in [-0.05, 0) is 36.4 Å². The first-order valence-corrected chi connectivity index (χ1v) is 11.4. The number of hydrogen-bond donors (Lipinski definition) is 2. The molecule has 5 aromatic rings. The molecule has 1 aromatic carbocycles. The summed E-state index contributed by atoms with van der Waals surface area (Å²) >= 11 is 0. The van der Waals surface area contributed by atoms with Gasteiger partial charge < -0.3 is 25.1 Å². The van der Waals surface area contributed by atoms with E-state index < -0.39 is 24.3 Å². The Bertz CT molecular complexity index is 1690. The first-order valence-electron chi connectivity index (χ1n) is 11.4. The minimum Gasteiger partial charge on any atom is -0.542 e. The van der Waals surface area contributed by atoms with Crippen molar-refractivity contribution in [1.29, 1.82) is 0 Å². The molecule has 0 saturated carbocycles. The fourth-order valence-corrected chi connectivity index (χ4v) is 3.44. The number of rotatable bonds is 3. The van der Waals surface area contributed by atoms with E-state index in [1.165, 1.54) is 0 Å². The van der Waals surface area contributed by atoms with Crippen molar-refractivity contribution in [2.75, 3.05) is 5.32 Å². The van der Waals surface area contributed by atoms with Crippen molar-refractivity contribution in [1.82, 2.24) is 9.97 Å². The molecule has 1 amide bonds. The molecule has 0 aliphatic carbocycles. The fourth-order valence-electron chi connectivity index (χ4n) is 3.44. The van der Waals surface area contributed by atoms with E-state index in [0.717, 1.165) is 33.2 Å². The van der Waals surface area contributed by atoms with Crippen molar-refractivity contribution in [3.05, 3.63) is 91.4 Å². The number of hydrogen-bond acceptors (Lipinski definition) is 6. The number of aromatic nitrogens is 4. The lowest BCUT2D eigenvalue weighted by molar-refractivity contribution is -0.513. The number of aromatic amines is 2. The quantitative estimate of drug-likeness (QED) is 0.239. The molecule has 5 rings (SSSR count). The molecule has 16 heteroatoms. The average molecular weight is 593 g/mol. The number of H-pyrrole nitrogens is 2. The Morgan fingerprint density at radius 3 is 2.07 bits per heavy atom. The van der Waals surface area contributed by atoms with Crippen LogP contribution < -0.4 is 24.9 Å². The molecule has 218 valence electrons. The topological polar surface area (TPSA) is 156 Å². The smallest absolute Gasteiger partial charge is 0.430 e. The zero-order chi connectivity index (χ0) is 31.1. The summed E-state index contributed by atoms with van der Waals surface area (Å²) in [6.45, 7) is 0. The summed E-state index contributed by atoms with van der Waals surface area (Å²) in [5, 5.41) is 22.6. The van der Waals surface area contributed by atoms with Gasteiger partial charge in [0.2, 0.25) is 0 Å². The highest BCUT2D eigenvalue weighted by molar-refractivity contribution is 6.07. The first kappa shape index (κ1) is 31.0. The van der Waals surface area contributed by atoms with Gasteiger partial charge in [-0.15, -0.1) is 0 Å². The molecule has 0 radical (unpaired) electrons. The maximum Gasteiger partial charge on any atom is 0.430 e. The molecule has 10 nitrogen and oxygen atoms in total. The van der Waals surface area contributed by atoms with Crippen molar-refractivity contribution in [2.24, 2.45) is 0 Å². The Balaban J connectivity index is 0.000000289. The highest BCUT2D eigenvalue weighted by atomic mass is 19.4. The van der Waals surface area contributed by atoms with Crippen LogP contribution in [-0.4, -0.2) is 40.2 Å². The van der Waals surface area contributed by atoms with Crippen LogP contribution in [0.3, 0.4) is 0 Å². The van der Waals surface area contributed by atoms with Gasteiger partial charge in [-0.2, -0.15) is 30.7 Å². The van der Waals surface area contributed by atoms with E-state index in [1.807, 2.05) is 77.6 Å². The number of carbonyl (C=O) groups excluding carboxylic acids is 3. The van der Waals surface area contributed by atoms with Crippen molar-refractivity contribution >= 4 is 39.8 Å². The molecule has 3 N–H and O–H groups in total. The number of nitrogens with zero attached hydrogens (tertiary/aromatic N) is 2. The Morgan fingerprint density at radius 1 is 0.857 bits per heavy atom. The van der Waals surface area contributed by atoms with Crippen molar-refractivity contribution in [2.45, 2.75) is 12.4 Å². The molecule has 0 fully saturated rings. The van der Waals surface area contributed by atoms with E-state index in [-0.39, 0.29) is 5.91 Å². The fraction of sp³-hybridized carbons (Fsp3) is 0.0769. The summed E-state index contributed by atoms with van der Waals surface area (Å²) < 4.78 is 65.0. The van der Waals surface area contributed by atoms with Crippen LogP contribution in [0.1, 0.15) is 10.6 Å². The van der Waals surface area contributed by atoms with Gasteiger partial charge in [0.1, 0.15) is 11.9 Å². The molecule has 0 aliphatic heterocycles. The lowest BCUT2D eigenvalue weighted by atomic mass is 10.1. The predicted octanol–water partition coefficient (Wildman–Crippen LogP) is 1.63. The van der Waals surface area contributed by atoms with Crippen molar-refractivity contribution in [3.8, 4) is 11.3 Å². The summed E-state index contributed by atoms with van der Waals surface area (Å²) in [6, 6.07) is 17.5. The van der Waals surface area contributed by atoms with E-state index in [4.69, 9.17) is 19.8 Å². The number of amides is 1. The van der Waals surface area contributed by atoms with Gasteiger partial charge in [-0.25, -0.2) is 9.97 Å². The summed E-state index contributed by atoms with van der Waals surface area (Å²) in [7, 11) is 0. The highest BCUT2D eigenvalue weighted by Crippen LogP contribution is 2.24. The minimum atomic E-state index is -5.19. The Morgan fingerprint density at radius 2 is 1.48 bits per heavy atom. The third kappa shape index (κ3) is 7.77. The molecule has 4 heterocycles. The monoisotopic (exact) mass is 593 g/mol. The largest absolute Gasteiger partial charge is 0.542 e. The predicted molar refractivity (Wildman–Crippen MR) is 128 cm³/mol. The zero-order valence-electron chi connectivity index (χ0n) is 20.8. The number of benzene rings is 1. The second kappa shape index (κ2) is 12.8. The van der Waals surface area contributed by atoms with Crippen molar-refractivity contribution in [3.63, 3.8) is 0 Å². The lowest BCUT2D eigenvalue weighted by Gasteiger charge is -2.04. The number of carboxylic acids is 2. The zero-order valence-corrected chi connectivity index (χ0v) is 20.8. The van der Waals surface area contributed by atoms with Gasteiger partial charge in [0.05, 0.1) is 6.20 Å². The Hall–Kier alpha value is -5.54. The van der Waals surface area contributed by atoms with E-state index in [2.05, 4.69) is 20.3 Å². The molecule has 0 unspecified atom stereocenters. The molecule has 0 spiro atoms. The van der Waals surface area contributed by atoms with Crippen LogP contribution in [-0.2, 0) is 9.59 Å². The number of imidazole rings is 1. The van der Waals surface area contributed by atoms with Crippen LogP contribution in [0.5, 0.6) is 0 Å². The number of nitrogens with one attached hydrogen (secondary N) is 3. The minimum absolute atomic E-state index is 0.207. The number of alkyl halides is 6. The number of carbonyl (C=O) groups is 3. The van der Waals surface area contributed by atoms with Gasteiger partial charge in [0.25, 0.3) is 0 Å². The van der Waals surface area contributed by atoms with Crippen LogP contribution >= 0.6 is 0 Å². The summed E-state index contributed by atoms with van der Waals surface area (Å²) in [4.78, 5) is 41.1. The molecule has 0 aliphatic rings. The van der Waals surface area contributed by atoms with Gasteiger partial charge in [0, 0.05) is 40.5 Å². The van der Waals surface area contributed by atoms with Crippen LogP contribution in [0.25, 0.3) is 27.5 Å². The normalized spacial score (nSPS) is 11.1. The van der Waals surface area contributed by atoms with Gasteiger partial charge in [-0.3, -0.25) is 9.78 Å². The number of anilines is 1. The number of fused-ring (bicyclic) bond motifs is 2. The van der Waals surface area contributed by atoms with Gasteiger partial charge in [-0.1, -0.05) is 12.1 Å².